The number of aliphatic hydroxyl groups excluding tert-OH is 1. The quantitative estimate of drug-likeness (QED) is 0.778. The molecule has 1 aromatic carbocycles. The van der Waals surface area contributed by atoms with E-state index in [-0.39, 0.29) is 17.4 Å². The molecule has 0 heterocycles. The number of rotatable bonds is 5. The Morgan fingerprint density at radius 1 is 1.26 bits per heavy atom. The van der Waals surface area contributed by atoms with Gasteiger partial charge in [-0.15, -0.1) is 0 Å². The van der Waals surface area contributed by atoms with E-state index in [0.717, 1.165) is 10.0 Å². The summed E-state index contributed by atoms with van der Waals surface area (Å²) < 4.78 is 28.4. The van der Waals surface area contributed by atoms with E-state index >= 15 is 0 Å². The van der Waals surface area contributed by atoms with Gasteiger partial charge in [-0.25, -0.2) is 13.1 Å². The van der Waals surface area contributed by atoms with Gasteiger partial charge in [0.2, 0.25) is 10.0 Å². The summed E-state index contributed by atoms with van der Waals surface area (Å²) in [5.74, 6) is 0.00689. The van der Waals surface area contributed by atoms with Gasteiger partial charge >= 0.3 is 0 Å². The van der Waals surface area contributed by atoms with Gasteiger partial charge in [-0.2, -0.15) is 0 Å². The molecule has 0 spiro atoms. The van der Waals surface area contributed by atoms with Crippen LogP contribution < -0.4 is 4.72 Å². The van der Waals surface area contributed by atoms with Crippen molar-refractivity contribution in [2.75, 3.05) is 6.61 Å². The van der Waals surface area contributed by atoms with E-state index in [4.69, 9.17) is 0 Å². The van der Waals surface area contributed by atoms with Gasteiger partial charge < -0.3 is 5.11 Å². The summed E-state index contributed by atoms with van der Waals surface area (Å²) in [5, 5.41) is 9.23. The van der Waals surface area contributed by atoms with Crippen molar-refractivity contribution < 1.29 is 13.5 Å². The molecule has 0 saturated carbocycles. The van der Waals surface area contributed by atoms with Gasteiger partial charge in [0, 0.05) is 15.0 Å². The van der Waals surface area contributed by atoms with Crippen LogP contribution in [0.15, 0.2) is 26.0 Å². The monoisotopic (exact) mass is 413 g/mol. The molecule has 1 aromatic rings. The highest BCUT2D eigenvalue weighted by Gasteiger charge is 2.24. The summed E-state index contributed by atoms with van der Waals surface area (Å²) in [5.41, 5.74) is 0.938. The zero-order valence-corrected chi connectivity index (χ0v) is 14.9. The maximum atomic E-state index is 12.3. The molecule has 1 atom stereocenters. The zero-order valence-electron chi connectivity index (χ0n) is 10.9. The Kier molecular flexibility index (Phi) is 6.00. The van der Waals surface area contributed by atoms with Gasteiger partial charge in [0.15, 0.2) is 0 Å². The lowest BCUT2D eigenvalue weighted by atomic mass is 10.1. The molecule has 0 bridgehead atoms. The van der Waals surface area contributed by atoms with Crippen molar-refractivity contribution in [2.45, 2.75) is 31.7 Å². The van der Waals surface area contributed by atoms with Crippen molar-refractivity contribution >= 4 is 41.9 Å². The lowest BCUT2D eigenvalue weighted by molar-refractivity contribution is 0.227. The summed E-state index contributed by atoms with van der Waals surface area (Å²) in [6, 6.07) is 2.79. The summed E-state index contributed by atoms with van der Waals surface area (Å²) in [4.78, 5) is 0.157. The van der Waals surface area contributed by atoms with Crippen LogP contribution in [0, 0.1) is 12.8 Å². The van der Waals surface area contributed by atoms with E-state index < -0.39 is 16.1 Å². The average Bonchev–Trinajstić information content (AvgIpc) is 2.30. The van der Waals surface area contributed by atoms with Gasteiger partial charge in [-0.05, 0) is 46.5 Å². The van der Waals surface area contributed by atoms with Crippen molar-refractivity contribution in [3.63, 3.8) is 0 Å². The molecule has 0 aliphatic rings. The minimum absolute atomic E-state index is 0.00689. The predicted octanol–water partition coefficient (Wildman–Crippen LogP) is 2.82. The highest BCUT2D eigenvalue weighted by atomic mass is 79.9. The smallest absolute Gasteiger partial charge is 0.242 e. The molecule has 2 N–H and O–H groups in total. The number of aryl methyl sites for hydroxylation is 1. The van der Waals surface area contributed by atoms with Gasteiger partial charge in [0.05, 0.1) is 11.5 Å². The third-order valence-corrected chi connectivity index (χ3v) is 6.11. The van der Waals surface area contributed by atoms with Crippen molar-refractivity contribution in [1.29, 1.82) is 0 Å². The molecule has 0 aliphatic heterocycles. The van der Waals surface area contributed by atoms with E-state index in [1.807, 2.05) is 20.8 Å². The fourth-order valence-corrected chi connectivity index (χ4v) is 4.53. The molecule has 19 heavy (non-hydrogen) atoms. The molecule has 0 amide bonds. The van der Waals surface area contributed by atoms with Gasteiger partial charge in [-0.1, -0.05) is 29.8 Å². The van der Waals surface area contributed by atoms with Crippen LogP contribution in [-0.2, 0) is 10.0 Å². The number of sulfonamides is 1. The topological polar surface area (TPSA) is 66.4 Å². The number of nitrogens with one attached hydrogen (secondary N) is 1. The van der Waals surface area contributed by atoms with Crippen LogP contribution in [0.4, 0.5) is 0 Å². The maximum Gasteiger partial charge on any atom is 0.242 e. The molecule has 0 aromatic heterocycles. The Labute approximate surface area is 130 Å². The van der Waals surface area contributed by atoms with Crippen LogP contribution in [0.5, 0.6) is 0 Å². The van der Waals surface area contributed by atoms with Crippen LogP contribution in [-0.4, -0.2) is 26.2 Å². The molecular weight excluding hydrogens is 398 g/mol. The van der Waals surface area contributed by atoms with Crippen LogP contribution in [0.1, 0.15) is 19.4 Å². The Morgan fingerprint density at radius 2 is 1.84 bits per heavy atom. The van der Waals surface area contributed by atoms with E-state index in [1.54, 1.807) is 12.1 Å². The third-order valence-electron chi connectivity index (χ3n) is 2.81. The van der Waals surface area contributed by atoms with E-state index in [2.05, 4.69) is 36.6 Å². The standard InChI is InChI=1S/C12H17Br2NO3S/c1-7(2)11(6-16)15-19(17,18)12-5-9(13)8(3)4-10(12)14/h4-5,7,11,15-16H,6H2,1-3H3/t11-/m1/s1. The van der Waals surface area contributed by atoms with Crippen molar-refractivity contribution in [2.24, 2.45) is 5.92 Å². The third kappa shape index (κ3) is 4.26. The summed E-state index contributed by atoms with van der Waals surface area (Å²) >= 11 is 6.59. The zero-order chi connectivity index (χ0) is 14.8. The first kappa shape index (κ1) is 17.1. The molecule has 7 heteroatoms. The average molecular weight is 415 g/mol. The lowest BCUT2D eigenvalue weighted by Gasteiger charge is -2.20. The van der Waals surface area contributed by atoms with Crippen LogP contribution >= 0.6 is 31.9 Å². The molecule has 4 nitrogen and oxygen atoms in total. The molecule has 0 radical (unpaired) electrons. The van der Waals surface area contributed by atoms with Crippen LogP contribution in [0.3, 0.4) is 0 Å². The number of aliphatic hydroxyl groups is 1. The second-order valence-electron chi connectivity index (χ2n) is 4.69. The first-order valence-electron chi connectivity index (χ1n) is 5.78. The largest absolute Gasteiger partial charge is 0.395 e. The summed E-state index contributed by atoms with van der Waals surface area (Å²) in [7, 11) is -3.67. The fraction of sp³-hybridized carbons (Fsp3) is 0.500. The van der Waals surface area contributed by atoms with Crippen molar-refractivity contribution in [3.8, 4) is 0 Å². The number of hydrogen-bond donors (Lipinski definition) is 2. The minimum Gasteiger partial charge on any atom is -0.395 e. The second kappa shape index (κ2) is 6.67. The minimum atomic E-state index is -3.67. The van der Waals surface area contributed by atoms with E-state index in [1.165, 1.54) is 0 Å². The Bertz CT molecular complexity index is 558. The van der Waals surface area contributed by atoms with Crippen molar-refractivity contribution in [3.05, 3.63) is 26.6 Å². The van der Waals surface area contributed by atoms with E-state index in [0.29, 0.717) is 4.47 Å². The van der Waals surface area contributed by atoms with Gasteiger partial charge in [0.1, 0.15) is 0 Å². The van der Waals surface area contributed by atoms with Crippen LogP contribution in [0.25, 0.3) is 0 Å². The molecular formula is C12H17Br2NO3S. The van der Waals surface area contributed by atoms with Gasteiger partial charge in [-0.3, -0.25) is 0 Å². The SMILES string of the molecule is Cc1cc(Br)c(S(=O)(=O)N[C@H](CO)C(C)C)cc1Br. The molecule has 0 unspecified atom stereocenters. The number of hydrogen-bond acceptors (Lipinski definition) is 3. The Morgan fingerprint density at radius 3 is 2.32 bits per heavy atom. The predicted molar refractivity (Wildman–Crippen MR) is 82.6 cm³/mol. The van der Waals surface area contributed by atoms with E-state index in [9.17, 15) is 13.5 Å². The molecule has 0 fully saturated rings. The fourth-order valence-electron chi connectivity index (χ4n) is 1.48. The Balaban J connectivity index is 3.17. The second-order valence-corrected chi connectivity index (χ2v) is 8.08. The lowest BCUT2D eigenvalue weighted by Crippen LogP contribution is -2.41. The summed E-state index contributed by atoms with van der Waals surface area (Å²) in [6.45, 7) is 5.35. The molecule has 0 saturated heterocycles. The number of benzene rings is 1. The highest BCUT2D eigenvalue weighted by Crippen LogP contribution is 2.29. The molecule has 0 aliphatic carbocycles. The molecule has 1 rings (SSSR count). The van der Waals surface area contributed by atoms with Crippen LogP contribution in [0.2, 0.25) is 0 Å². The maximum absolute atomic E-state index is 12.3. The van der Waals surface area contributed by atoms with Crippen molar-refractivity contribution in [1.82, 2.24) is 4.72 Å². The van der Waals surface area contributed by atoms with Gasteiger partial charge in [0.25, 0.3) is 0 Å². The first-order valence-corrected chi connectivity index (χ1v) is 8.84. The molecule has 108 valence electrons. The summed E-state index contributed by atoms with van der Waals surface area (Å²) in [6.07, 6.45) is 0. The number of halogens is 2. The Hall–Kier alpha value is 0.0500. The normalized spacial score (nSPS) is 13.8. The first-order chi connectivity index (χ1) is 8.69. The highest BCUT2D eigenvalue weighted by molar-refractivity contribution is 9.11.